The van der Waals surface area contributed by atoms with Crippen LogP contribution in [-0.2, 0) is 0 Å². The first-order chi connectivity index (χ1) is 17.3. The van der Waals surface area contributed by atoms with E-state index in [1.165, 1.54) is 25.0 Å². The molecule has 0 radical (unpaired) electrons. The molecule has 1 fully saturated rings. The van der Waals surface area contributed by atoms with Gasteiger partial charge in [0.2, 0.25) is 0 Å². The molecular weight excluding hydrogens is 460 g/mol. The van der Waals surface area contributed by atoms with E-state index < -0.39 is 11.3 Å². The Bertz CT molecular complexity index is 1520. The maximum Gasteiger partial charge on any atom is 0.344 e. The van der Waals surface area contributed by atoms with Crippen molar-refractivity contribution in [1.82, 2.24) is 0 Å². The summed E-state index contributed by atoms with van der Waals surface area (Å²) in [5, 5.41) is 22.9. The van der Waals surface area contributed by atoms with Gasteiger partial charge in [-0.3, -0.25) is 9.98 Å². The molecule has 184 valence electrons. The molecule has 8 nitrogen and oxygen atoms in total. The van der Waals surface area contributed by atoms with Gasteiger partial charge in [0.05, 0.1) is 35.4 Å². The fourth-order valence-corrected chi connectivity index (χ4v) is 4.88. The van der Waals surface area contributed by atoms with Crippen LogP contribution in [0, 0.1) is 13.8 Å². The Labute approximate surface area is 206 Å². The van der Waals surface area contributed by atoms with E-state index in [1.54, 1.807) is 24.3 Å². The predicted octanol–water partition coefficient (Wildman–Crippen LogP) is 4.78. The summed E-state index contributed by atoms with van der Waals surface area (Å²) in [6.07, 6.45) is 9.36. The molecule has 0 aliphatic heterocycles. The molecule has 2 heterocycles. The number of benzene rings is 2. The molecule has 2 aromatic carbocycles. The summed E-state index contributed by atoms with van der Waals surface area (Å²) in [7, 11) is 0. The van der Waals surface area contributed by atoms with E-state index in [4.69, 9.17) is 18.8 Å². The largest absolute Gasteiger partial charge is 0.507 e. The number of phenolic OH excluding ortho intramolecular Hbond substituents is 2. The minimum atomic E-state index is -0.535. The maximum atomic E-state index is 12.4. The van der Waals surface area contributed by atoms with Crippen molar-refractivity contribution in [1.29, 1.82) is 0 Å². The Morgan fingerprint density at radius 3 is 1.58 bits per heavy atom. The molecule has 0 spiro atoms. The van der Waals surface area contributed by atoms with Crippen LogP contribution >= 0.6 is 0 Å². The molecular formula is C28H26N2O6. The van der Waals surface area contributed by atoms with Crippen molar-refractivity contribution < 1.29 is 19.0 Å². The van der Waals surface area contributed by atoms with Crippen molar-refractivity contribution in [2.75, 3.05) is 0 Å². The first-order valence-corrected chi connectivity index (χ1v) is 11.9. The Morgan fingerprint density at radius 2 is 1.17 bits per heavy atom. The molecule has 0 unspecified atom stereocenters. The number of aryl methyl sites for hydroxylation is 2. The Balaban J connectivity index is 1.52. The van der Waals surface area contributed by atoms with Crippen molar-refractivity contribution in [2.24, 2.45) is 9.98 Å². The molecule has 2 atom stereocenters. The van der Waals surface area contributed by atoms with Gasteiger partial charge in [-0.1, -0.05) is 25.0 Å². The molecule has 1 aliphatic carbocycles. The van der Waals surface area contributed by atoms with Gasteiger partial charge in [-0.05, 0) is 60.7 Å². The number of fused-ring (bicyclic) bond motifs is 2. The SMILES string of the molecule is Cc1coc(=O)c2c(C=N[C@@H]3CCCC[C@H]3N=Cc3c(O)ccc4c(C)coc(=O)c34)c(O)ccc12. The highest BCUT2D eigenvalue weighted by molar-refractivity contribution is 6.03. The molecule has 2 N–H and O–H groups in total. The molecule has 8 heteroatoms. The fourth-order valence-electron chi connectivity index (χ4n) is 4.88. The molecule has 0 amide bonds. The normalized spacial score (nSPS) is 18.6. The molecule has 4 aromatic rings. The molecule has 5 rings (SSSR count). The first-order valence-electron chi connectivity index (χ1n) is 11.9. The van der Waals surface area contributed by atoms with E-state index in [0.29, 0.717) is 21.9 Å². The summed E-state index contributed by atoms with van der Waals surface area (Å²) >= 11 is 0. The smallest absolute Gasteiger partial charge is 0.344 e. The van der Waals surface area contributed by atoms with Crippen LogP contribution in [0.15, 0.2) is 65.2 Å². The van der Waals surface area contributed by atoms with Gasteiger partial charge >= 0.3 is 11.3 Å². The molecule has 1 aliphatic rings. The zero-order chi connectivity index (χ0) is 25.4. The lowest BCUT2D eigenvalue weighted by molar-refractivity contribution is 0.390. The average Bonchev–Trinajstić information content (AvgIpc) is 2.87. The highest BCUT2D eigenvalue weighted by atomic mass is 16.4. The molecule has 36 heavy (non-hydrogen) atoms. The van der Waals surface area contributed by atoms with Crippen LogP contribution in [0.25, 0.3) is 21.5 Å². The highest BCUT2D eigenvalue weighted by Gasteiger charge is 2.24. The number of hydrogen-bond acceptors (Lipinski definition) is 8. The number of aliphatic imine (C=N–C) groups is 2. The highest BCUT2D eigenvalue weighted by Crippen LogP contribution is 2.29. The molecule has 0 bridgehead atoms. The Hall–Kier alpha value is -4.20. The molecule has 1 saturated carbocycles. The van der Waals surface area contributed by atoms with Gasteiger partial charge in [-0.25, -0.2) is 9.59 Å². The van der Waals surface area contributed by atoms with Gasteiger partial charge in [0, 0.05) is 23.6 Å². The standard InChI is InChI=1S/C28H26N2O6/c1-15-13-35-27(33)25-17(15)7-9-23(31)19(25)11-29-21-5-3-4-6-22(21)30-12-20-24(32)10-8-18-16(2)14-36-28(34)26(18)20/h7-14,21-22,31-32H,3-6H2,1-2H3/t21-,22-/m1/s1. The Kier molecular flexibility index (Phi) is 6.18. The summed E-state index contributed by atoms with van der Waals surface area (Å²) in [4.78, 5) is 34.3. The average molecular weight is 487 g/mol. The quantitative estimate of drug-likeness (QED) is 0.400. The van der Waals surface area contributed by atoms with E-state index in [0.717, 1.165) is 36.8 Å². The van der Waals surface area contributed by atoms with E-state index in [1.807, 2.05) is 13.8 Å². The van der Waals surface area contributed by atoms with Crippen molar-refractivity contribution in [3.05, 3.63) is 79.9 Å². The van der Waals surface area contributed by atoms with Crippen molar-refractivity contribution in [3.8, 4) is 11.5 Å². The van der Waals surface area contributed by atoms with Gasteiger partial charge in [-0.15, -0.1) is 0 Å². The van der Waals surface area contributed by atoms with Gasteiger partial charge in [0.15, 0.2) is 0 Å². The lowest BCUT2D eigenvalue weighted by Crippen LogP contribution is -2.27. The third-order valence-corrected chi connectivity index (χ3v) is 6.87. The van der Waals surface area contributed by atoms with Crippen LogP contribution in [0.1, 0.15) is 47.9 Å². The van der Waals surface area contributed by atoms with Crippen molar-refractivity contribution >= 4 is 34.0 Å². The van der Waals surface area contributed by atoms with Crippen LogP contribution in [-0.4, -0.2) is 34.7 Å². The van der Waals surface area contributed by atoms with Gasteiger partial charge in [0.25, 0.3) is 0 Å². The van der Waals surface area contributed by atoms with Crippen LogP contribution in [0.3, 0.4) is 0 Å². The summed E-state index contributed by atoms with van der Waals surface area (Å²) in [6.45, 7) is 3.67. The summed E-state index contributed by atoms with van der Waals surface area (Å²) in [6, 6.07) is 6.08. The molecule has 2 aromatic heterocycles. The van der Waals surface area contributed by atoms with Gasteiger partial charge in [-0.2, -0.15) is 0 Å². The van der Waals surface area contributed by atoms with Crippen LogP contribution < -0.4 is 11.3 Å². The number of nitrogens with zero attached hydrogens (tertiary/aromatic N) is 2. The second-order valence-corrected chi connectivity index (χ2v) is 9.23. The monoisotopic (exact) mass is 486 g/mol. The van der Waals surface area contributed by atoms with Crippen LogP contribution in [0.5, 0.6) is 11.5 Å². The third kappa shape index (κ3) is 4.19. The minimum Gasteiger partial charge on any atom is -0.507 e. The number of hydrogen-bond donors (Lipinski definition) is 2. The molecule has 0 saturated heterocycles. The number of rotatable bonds is 4. The predicted molar refractivity (Wildman–Crippen MR) is 139 cm³/mol. The maximum absolute atomic E-state index is 12.4. The van der Waals surface area contributed by atoms with E-state index in [2.05, 4.69) is 0 Å². The van der Waals surface area contributed by atoms with E-state index in [9.17, 15) is 19.8 Å². The zero-order valence-corrected chi connectivity index (χ0v) is 20.0. The zero-order valence-electron chi connectivity index (χ0n) is 20.0. The first kappa shape index (κ1) is 23.5. The summed E-state index contributed by atoms with van der Waals surface area (Å²) in [5.74, 6) is -0.106. The van der Waals surface area contributed by atoms with Crippen LogP contribution in [0.2, 0.25) is 0 Å². The second kappa shape index (κ2) is 9.45. The Morgan fingerprint density at radius 1 is 0.750 bits per heavy atom. The van der Waals surface area contributed by atoms with E-state index in [-0.39, 0.29) is 34.4 Å². The fraction of sp³-hybridized carbons (Fsp3) is 0.286. The second-order valence-electron chi connectivity index (χ2n) is 9.23. The minimum absolute atomic E-state index is 0.0530. The summed E-state index contributed by atoms with van der Waals surface area (Å²) < 4.78 is 10.2. The third-order valence-electron chi connectivity index (χ3n) is 6.87. The van der Waals surface area contributed by atoms with E-state index >= 15 is 0 Å². The number of phenols is 2. The number of aromatic hydroxyl groups is 2. The van der Waals surface area contributed by atoms with Gasteiger partial charge < -0.3 is 19.0 Å². The van der Waals surface area contributed by atoms with Crippen LogP contribution in [0.4, 0.5) is 0 Å². The summed E-state index contributed by atoms with van der Waals surface area (Å²) in [5.41, 5.74) is 1.14. The topological polar surface area (TPSA) is 126 Å². The van der Waals surface area contributed by atoms with Gasteiger partial charge in [0.1, 0.15) is 11.5 Å². The lowest BCUT2D eigenvalue weighted by atomic mass is 9.91. The van der Waals surface area contributed by atoms with Crippen molar-refractivity contribution in [2.45, 2.75) is 51.6 Å². The lowest BCUT2D eigenvalue weighted by Gasteiger charge is -2.25. The van der Waals surface area contributed by atoms with Crippen molar-refractivity contribution in [3.63, 3.8) is 0 Å².